The zero-order valence-electron chi connectivity index (χ0n) is 22.5. The van der Waals surface area contributed by atoms with Crippen LogP contribution in [0.25, 0.3) is 10.2 Å². The van der Waals surface area contributed by atoms with Crippen LogP contribution < -0.4 is 9.64 Å². The first-order valence-electron chi connectivity index (χ1n) is 13.0. The van der Waals surface area contributed by atoms with Gasteiger partial charge in [0.2, 0.25) is 10.0 Å². The van der Waals surface area contributed by atoms with E-state index in [-0.39, 0.29) is 10.8 Å². The van der Waals surface area contributed by atoms with Gasteiger partial charge in [-0.3, -0.25) is 14.6 Å². The molecule has 206 valence electrons. The summed E-state index contributed by atoms with van der Waals surface area (Å²) < 4.78 is 39.2. The highest BCUT2D eigenvalue weighted by molar-refractivity contribution is 7.89. The minimum Gasteiger partial charge on any atom is -0.494 e. The van der Waals surface area contributed by atoms with Gasteiger partial charge in [0, 0.05) is 44.8 Å². The molecule has 3 aromatic rings. The Labute approximate surface area is 229 Å². The molecule has 1 aliphatic rings. The molecule has 0 aliphatic carbocycles. The number of fused-ring (bicyclic) bond motifs is 1. The van der Waals surface area contributed by atoms with E-state index < -0.39 is 10.0 Å². The lowest BCUT2D eigenvalue weighted by atomic mass is 10.2. The zero-order valence-corrected chi connectivity index (χ0v) is 24.1. The Morgan fingerprint density at radius 1 is 1.11 bits per heavy atom. The number of thiazole rings is 1. The number of rotatable bonds is 11. The molecule has 38 heavy (non-hydrogen) atoms. The molecular weight excluding hydrogens is 524 g/mol. The van der Waals surface area contributed by atoms with Crippen molar-refractivity contribution in [1.82, 2.24) is 14.2 Å². The fraction of sp³-hybridized carbons (Fsp3) is 0.481. The summed E-state index contributed by atoms with van der Waals surface area (Å²) in [4.78, 5) is 22.9. The first-order chi connectivity index (χ1) is 18.3. The maximum absolute atomic E-state index is 13.8. The van der Waals surface area contributed by atoms with Crippen LogP contribution in [0.5, 0.6) is 5.75 Å². The lowest BCUT2D eigenvalue weighted by Gasteiger charge is -2.27. The highest BCUT2D eigenvalue weighted by Crippen LogP contribution is 2.37. The van der Waals surface area contributed by atoms with Crippen molar-refractivity contribution in [1.29, 1.82) is 0 Å². The Morgan fingerprint density at radius 2 is 1.79 bits per heavy atom. The summed E-state index contributed by atoms with van der Waals surface area (Å²) in [5, 5.41) is 0.597. The first-order valence-corrected chi connectivity index (χ1v) is 15.2. The Kier molecular flexibility index (Phi) is 9.37. The number of nitrogens with zero attached hydrogens (tertiary/aromatic N) is 4. The van der Waals surface area contributed by atoms with Gasteiger partial charge in [-0.2, -0.15) is 4.31 Å². The number of ether oxygens (including phenoxy) is 2. The number of aryl methyl sites for hydroxylation is 1. The predicted molar refractivity (Wildman–Crippen MR) is 151 cm³/mol. The topological polar surface area (TPSA) is 92.3 Å². The van der Waals surface area contributed by atoms with Gasteiger partial charge in [-0.15, -0.1) is 0 Å². The number of aromatic nitrogens is 1. The van der Waals surface area contributed by atoms with Gasteiger partial charge in [0.25, 0.3) is 5.91 Å². The van der Waals surface area contributed by atoms with Crippen molar-refractivity contribution in [2.75, 3.05) is 64.5 Å². The standard InChI is InChI=1S/C27H36N4O5S2/c1-5-30(6-2)38(33,34)22-11-9-21(10-12-22)26(32)31(15-7-14-29-16-18-36-19-17-29)27-28-24-23(35-4)13-8-20(3)25(24)37-27/h8-13H,5-7,14-19H2,1-4H3. The quantitative estimate of drug-likeness (QED) is 0.350. The minimum absolute atomic E-state index is 0.178. The normalized spacial score (nSPS) is 14.8. The SMILES string of the molecule is CCN(CC)S(=O)(=O)c1ccc(C(=O)N(CCCN2CCOCC2)c2nc3c(OC)ccc(C)c3s2)cc1. The lowest BCUT2D eigenvalue weighted by Crippen LogP contribution is -2.39. The molecule has 11 heteroatoms. The summed E-state index contributed by atoms with van der Waals surface area (Å²) in [5.74, 6) is 0.453. The van der Waals surface area contributed by atoms with Crippen LogP contribution in [-0.2, 0) is 14.8 Å². The van der Waals surface area contributed by atoms with Gasteiger partial charge in [-0.25, -0.2) is 13.4 Å². The van der Waals surface area contributed by atoms with Crippen LogP contribution in [0.2, 0.25) is 0 Å². The molecule has 1 aromatic heterocycles. The second kappa shape index (κ2) is 12.5. The molecule has 1 saturated heterocycles. The van der Waals surface area contributed by atoms with Gasteiger partial charge in [-0.1, -0.05) is 31.3 Å². The molecule has 9 nitrogen and oxygen atoms in total. The molecule has 1 fully saturated rings. The van der Waals surface area contributed by atoms with E-state index in [9.17, 15) is 13.2 Å². The third-order valence-corrected chi connectivity index (χ3v) is 10.1. The van der Waals surface area contributed by atoms with Crippen LogP contribution in [0, 0.1) is 6.92 Å². The predicted octanol–water partition coefficient (Wildman–Crippen LogP) is 4.01. The number of sulfonamides is 1. The number of carbonyl (C=O) groups is 1. The van der Waals surface area contributed by atoms with E-state index in [0.29, 0.717) is 36.1 Å². The average molecular weight is 561 g/mol. The summed E-state index contributed by atoms with van der Waals surface area (Å²) in [6.07, 6.45) is 0.770. The highest BCUT2D eigenvalue weighted by atomic mass is 32.2. The Hall–Kier alpha value is -2.57. The lowest BCUT2D eigenvalue weighted by molar-refractivity contribution is 0.0376. The van der Waals surface area contributed by atoms with Crippen LogP contribution in [0.1, 0.15) is 36.2 Å². The monoisotopic (exact) mass is 560 g/mol. The summed E-state index contributed by atoms with van der Waals surface area (Å²) >= 11 is 1.47. The third kappa shape index (κ3) is 6.02. The molecule has 0 radical (unpaired) electrons. The molecule has 0 N–H and O–H groups in total. The Bertz CT molecular complexity index is 1350. The smallest absolute Gasteiger partial charge is 0.260 e. The maximum atomic E-state index is 13.8. The summed E-state index contributed by atoms with van der Waals surface area (Å²) in [6.45, 7) is 11.0. The van der Waals surface area contributed by atoms with Gasteiger partial charge in [-0.05, 0) is 49.2 Å². The van der Waals surface area contributed by atoms with E-state index in [1.165, 1.54) is 27.8 Å². The molecular formula is C27H36N4O5S2. The number of carbonyl (C=O) groups excluding carboxylic acids is 1. The molecule has 1 aliphatic heterocycles. The Morgan fingerprint density at radius 3 is 2.42 bits per heavy atom. The minimum atomic E-state index is -3.60. The number of benzene rings is 2. The number of amides is 1. The van der Waals surface area contributed by atoms with Crippen molar-refractivity contribution in [2.24, 2.45) is 0 Å². The molecule has 0 bridgehead atoms. The van der Waals surface area contributed by atoms with Crippen molar-refractivity contribution in [3.8, 4) is 5.75 Å². The van der Waals surface area contributed by atoms with Crippen molar-refractivity contribution in [2.45, 2.75) is 32.1 Å². The van der Waals surface area contributed by atoms with Gasteiger partial charge in [0.1, 0.15) is 11.3 Å². The summed E-state index contributed by atoms with van der Waals surface area (Å²) in [7, 11) is -1.99. The van der Waals surface area contributed by atoms with Crippen LogP contribution in [0.4, 0.5) is 5.13 Å². The maximum Gasteiger partial charge on any atom is 0.260 e. The zero-order chi connectivity index (χ0) is 27.3. The van der Waals surface area contributed by atoms with E-state index in [4.69, 9.17) is 14.5 Å². The largest absolute Gasteiger partial charge is 0.494 e. The molecule has 2 heterocycles. The van der Waals surface area contributed by atoms with E-state index in [0.717, 1.165) is 55.0 Å². The molecule has 2 aromatic carbocycles. The van der Waals surface area contributed by atoms with Gasteiger partial charge in [0.15, 0.2) is 5.13 Å². The van der Waals surface area contributed by atoms with Crippen molar-refractivity contribution in [3.63, 3.8) is 0 Å². The van der Waals surface area contributed by atoms with Crippen molar-refractivity contribution < 1.29 is 22.7 Å². The van der Waals surface area contributed by atoms with Crippen LogP contribution in [0.15, 0.2) is 41.3 Å². The molecule has 0 atom stereocenters. The Balaban J connectivity index is 1.63. The fourth-order valence-corrected chi connectivity index (χ4v) is 7.11. The highest BCUT2D eigenvalue weighted by Gasteiger charge is 2.25. The van der Waals surface area contributed by atoms with Gasteiger partial charge in [0.05, 0.1) is 29.9 Å². The number of anilines is 1. The molecule has 0 saturated carbocycles. The summed E-state index contributed by atoms with van der Waals surface area (Å²) in [6, 6.07) is 10.1. The number of methoxy groups -OCH3 is 1. The van der Waals surface area contributed by atoms with Crippen LogP contribution in [-0.4, -0.2) is 88.1 Å². The molecule has 0 unspecified atom stereocenters. The van der Waals surface area contributed by atoms with Crippen molar-refractivity contribution >= 4 is 42.6 Å². The number of morpholine rings is 1. The van der Waals surface area contributed by atoms with Crippen molar-refractivity contribution in [3.05, 3.63) is 47.5 Å². The second-order valence-electron chi connectivity index (χ2n) is 9.14. The van der Waals surface area contributed by atoms with E-state index in [1.54, 1.807) is 24.1 Å². The molecule has 1 amide bonds. The third-order valence-electron chi connectivity index (χ3n) is 6.79. The van der Waals surface area contributed by atoms with E-state index >= 15 is 0 Å². The summed E-state index contributed by atoms with van der Waals surface area (Å²) in [5.41, 5.74) is 2.22. The first kappa shape index (κ1) is 28.4. The van der Waals surface area contributed by atoms with E-state index in [2.05, 4.69) is 4.90 Å². The molecule has 4 rings (SSSR count). The molecule has 0 spiro atoms. The average Bonchev–Trinajstić information content (AvgIpc) is 3.38. The van der Waals surface area contributed by atoms with Crippen LogP contribution >= 0.6 is 11.3 Å². The van der Waals surface area contributed by atoms with Crippen LogP contribution in [0.3, 0.4) is 0 Å². The van der Waals surface area contributed by atoms with Gasteiger partial charge < -0.3 is 9.47 Å². The number of hydrogen-bond acceptors (Lipinski definition) is 8. The van der Waals surface area contributed by atoms with Gasteiger partial charge >= 0.3 is 0 Å². The van der Waals surface area contributed by atoms with E-state index in [1.807, 2.05) is 32.9 Å². The fourth-order valence-electron chi connectivity index (χ4n) is 4.58. The second-order valence-corrected chi connectivity index (χ2v) is 12.1. The number of hydrogen-bond donors (Lipinski definition) is 0.